The summed E-state index contributed by atoms with van der Waals surface area (Å²) in [7, 11) is 0. The molecular weight excluding hydrogens is 326 g/mol. The molecule has 19 heavy (non-hydrogen) atoms. The molecule has 0 spiro atoms. The average Bonchev–Trinajstić information content (AvgIpc) is 2.41. The van der Waals surface area contributed by atoms with E-state index < -0.39 is 0 Å². The minimum absolute atomic E-state index is 0.107. The van der Waals surface area contributed by atoms with Crippen molar-refractivity contribution in [2.45, 2.75) is 37.5 Å². The molecule has 1 amide bonds. The molecule has 1 aromatic rings. The Balaban J connectivity index is 1.71. The minimum Gasteiger partial charge on any atom is -0.356 e. The van der Waals surface area contributed by atoms with Gasteiger partial charge in [0.1, 0.15) is 0 Å². The van der Waals surface area contributed by atoms with Crippen molar-refractivity contribution in [1.82, 2.24) is 5.32 Å². The predicted molar refractivity (Wildman–Crippen MR) is 82.5 cm³/mol. The summed E-state index contributed by atoms with van der Waals surface area (Å²) in [5, 5.41) is 3.38. The van der Waals surface area contributed by atoms with Crippen molar-refractivity contribution in [1.29, 1.82) is 0 Å². The largest absolute Gasteiger partial charge is 0.356 e. The molecule has 1 saturated carbocycles. The van der Waals surface area contributed by atoms with Gasteiger partial charge in [0.15, 0.2) is 0 Å². The lowest BCUT2D eigenvalue weighted by Crippen LogP contribution is -2.32. The molecule has 0 radical (unpaired) electrons. The van der Waals surface area contributed by atoms with Gasteiger partial charge in [-0.2, -0.15) is 0 Å². The van der Waals surface area contributed by atoms with E-state index >= 15 is 0 Å². The van der Waals surface area contributed by atoms with Crippen molar-refractivity contribution in [3.63, 3.8) is 0 Å². The zero-order chi connectivity index (χ0) is 13.7. The molecule has 0 aromatic heterocycles. The van der Waals surface area contributed by atoms with Gasteiger partial charge in [0, 0.05) is 16.4 Å². The van der Waals surface area contributed by atoms with Crippen LogP contribution in [0.4, 0.5) is 0 Å². The van der Waals surface area contributed by atoms with Crippen LogP contribution in [0.2, 0.25) is 0 Å². The zero-order valence-electron chi connectivity index (χ0n) is 10.9. The van der Waals surface area contributed by atoms with E-state index in [1.165, 1.54) is 0 Å². The maximum absolute atomic E-state index is 11.9. The van der Waals surface area contributed by atoms with Crippen molar-refractivity contribution >= 4 is 33.4 Å². The van der Waals surface area contributed by atoms with Gasteiger partial charge in [-0.3, -0.25) is 4.79 Å². The molecule has 1 aromatic carbocycles. The van der Waals surface area contributed by atoms with Gasteiger partial charge >= 0.3 is 0 Å². The monoisotopic (exact) mass is 343 g/mol. The van der Waals surface area contributed by atoms with E-state index in [1.807, 2.05) is 24.3 Å². The average molecular weight is 345 g/mol. The third kappa shape index (κ3) is 5.15. The van der Waals surface area contributed by atoms with E-state index in [2.05, 4.69) is 21.2 Å². The first-order chi connectivity index (χ1) is 9.13. The molecule has 1 aliphatic rings. The summed E-state index contributed by atoms with van der Waals surface area (Å²) in [5.74, 6) is 0.708. The fraction of sp³-hybridized carbons (Fsp3) is 0.533. The Labute approximate surface area is 128 Å². The molecule has 4 heteroatoms. The molecule has 1 fully saturated rings. The molecule has 2 nitrogen and oxygen atoms in total. The summed E-state index contributed by atoms with van der Waals surface area (Å²) in [6.07, 6.45) is 4.88. The number of rotatable bonds is 4. The first-order valence-electron chi connectivity index (χ1n) is 6.78. The maximum Gasteiger partial charge on any atom is 0.224 e. The van der Waals surface area contributed by atoms with Crippen molar-refractivity contribution < 1.29 is 4.79 Å². The molecule has 2 rings (SSSR count). The Kier molecular flexibility index (Phi) is 5.71. The molecule has 0 saturated heterocycles. The standard InChI is InChI=1S/C15H19BrClNO/c16-13-5-1-11(2-6-13)9-15(19)18-10-12-3-7-14(17)8-4-12/h1-2,5-6,12,14H,3-4,7-10H2,(H,18,19). The van der Waals surface area contributed by atoms with Crippen LogP contribution in [0.3, 0.4) is 0 Å². The number of amides is 1. The number of halogens is 2. The van der Waals surface area contributed by atoms with E-state index in [9.17, 15) is 4.79 Å². The summed E-state index contributed by atoms with van der Waals surface area (Å²) < 4.78 is 1.04. The van der Waals surface area contributed by atoms with Gasteiger partial charge in [0.25, 0.3) is 0 Å². The van der Waals surface area contributed by atoms with Crippen LogP contribution in [0.25, 0.3) is 0 Å². The van der Waals surface area contributed by atoms with Gasteiger partial charge in [0.05, 0.1) is 6.42 Å². The van der Waals surface area contributed by atoms with Crippen molar-refractivity contribution in [2.75, 3.05) is 6.54 Å². The second kappa shape index (κ2) is 7.30. The Bertz CT molecular complexity index is 413. The van der Waals surface area contributed by atoms with E-state index in [-0.39, 0.29) is 5.91 Å². The number of carbonyl (C=O) groups excluding carboxylic acids is 1. The fourth-order valence-electron chi connectivity index (χ4n) is 2.43. The highest BCUT2D eigenvalue weighted by atomic mass is 79.9. The van der Waals surface area contributed by atoms with Crippen LogP contribution in [0.1, 0.15) is 31.2 Å². The smallest absolute Gasteiger partial charge is 0.224 e. The zero-order valence-corrected chi connectivity index (χ0v) is 13.2. The third-order valence-electron chi connectivity index (χ3n) is 3.64. The summed E-state index contributed by atoms with van der Waals surface area (Å²) in [6.45, 7) is 0.791. The maximum atomic E-state index is 11.9. The van der Waals surface area contributed by atoms with Crippen LogP contribution in [0, 0.1) is 5.92 Å². The number of benzene rings is 1. The van der Waals surface area contributed by atoms with Crippen molar-refractivity contribution in [3.8, 4) is 0 Å². The summed E-state index contributed by atoms with van der Waals surface area (Å²) in [4.78, 5) is 11.9. The Morgan fingerprint density at radius 2 is 1.84 bits per heavy atom. The van der Waals surface area contributed by atoms with Gasteiger partial charge in [0.2, 0.25) is 5.91 Å². The minimum atomic E-state index is 0.107. The van der Waals surface area contributed by atoms with Crippen LogP contribution in [0.5, 0.6) is 0 Å². The van der Waals surface area contributed by atoms with E-state index in [0.717, 1.165) is 42.3 Å². The molecule has 0 heterocycles. The van der Waals surface area contributed by atoms with E-state index in [4.69, 9.17) is 11.6 Å². The number of hydrogen-bond acceptors (Lipinski definition) is 1. The first-order valence-corrected chi connectivity index (χ1v) is 8.01. The van der Waals surface area contributed by atoms with Gasteiger partial charge in [-0.1, -0.05) is 28.1 Å². The van der Waals surface area contributed by atoms with Crippen molar-refractivity contribution in [2.24, 2.45) is 5.92 Å². The molecule has 1 N–H and O–H groups in total. The normalized spacial score (nSPS) is 23.1. The molecule has 0 unspecified atom stereocenters. The van der Waals surface area contributed by atoms with Gasteiger partial charge < -0.3 is 5.32 Å². The molecular formula is C15H19BrClNO. The second-order valence-electron chi connectivity index (χ2n) is 5.23. The Hall–Kier alpha value is -0.540. The van der Waals surface area contributed by atoms with Crippen LogP contribution >= 0.6 is 27.5 Å². The summed E-state index contributed by atoms with van der Waals surface area (Å²) >= 11 is 9.46. The van der Waals surface area contributed by atoms with Crippen LogP contribution < -0.4 is 5.32 Å². The summed E-state index contributed by atoms with van der Waals surface area (Å²) in [6, 6.07) is 7.87. The Morgan fingerprint density at radius 3 is 2.47 bits per heavy atom. The number of carbonyl (C=O) groups is 1. The van der Waals surface area contributed by atoms with Gasteiger partial charge in [-0.25, -0.2) is 0 Å². The first kappa shape index (κ1) is 14.9. The second-order valence-corrected chi connectivity index (χ2v) is 6.76. The SMILES string of the molecule is O=C(Cc1ccc(Br)cc1)NCC1CCC(Cl)CC1. The fourth-order valence-corrected chi connectivity index (χ4v) is 2.95. The molecule has 104 valence electrons. The Morgan fingerprint density at radius 1 is 1.21 bits per heavy atom. The van der Waals surface area contributed by atoms with Crippen LogP contribution in [-0.2, 0) is 11.2 Å². The van der Waals surface area contributed by atoms with Crippen molar-refractivity contribution in [3.05, 3.63) is 34.3 Å². The topological polar surface area (TPSA) is 29.1 Å². The highest BCUT2D eigenvalue weighted by Crippen LogP contribution is 2.26. The number of alkyl halides is 1. The molecule has 0 aliphatic heterocycles. The molecule has 1 aliphatic carbocycles. The lowest BCUT2D eigenvalue weighted by Gasteiger charge is -2.25. The molecule has 0 bridgehead atoms. The van der Waals surface area contributed by atoms with Gasteiger partial charge in [-0.15, -0.1) is 11.6 Å². The third-order valence-corrected chi connectivity index (χ3v) is 4.61. The van der Waals surface area contributed by atoms with E-state index in [1.54, 1.807) is 0 Å². The number of nitrogens with one attached hydrogen (secondary N) is 1. The van der Waals surface area contributed by atoms with Gasteiger partial charge in [-0.05, 0) is 49.3 Å². The quantitative estimate of drug-likeness (QED) is 0.825. The van der Waals surface area contributed by atoms with Crippen LogP contribution in [0.15, 0.2) is 28.7 Å². The highest BCUT2D eigenvalue weighted by Gasteiger charge is 2.19. The lowest BCUT2D eigenvalue weighted by atomic mass is 9.89. The van der Waals surface area contributed by atoms with E-state index in [0.29, 0.717) is 17.7 Å². The lowest BCUT2D eigenvalue weighted by molar-refractivity contribution is -0.120. The number of hydrogen-bond donors (Lipinski definition) is 1. The predicted octanol–water partition coefficient (Wildman–Crippen LogP) is 3.91. The summed E-state index contributed by atoms with van der Waals surface area (Å²) in [5.41, 5.74) is 1.05. The molecule has 0 atom stereocenters. The van der Waals surface area contributed by atoms with Crippen LogP contribution in [-0.4, -0.2) is 17.8 Å². The highest BCUT2D eigenvalue weighted by molar-refractivity contribution is 9.10.